The van der Waals surface area contributed by atoms with Crippen LogP contribution < -0.4 is 15.4 Å². The molecule has 2 N–H and O–H groups in total. The van der Waals surface area contributed by atoms with Gasteiger partial charge in [0.15, 0.2) is 6.61 Å². The predicted molar refractivity (Wildman–Crippen MR) is 95.9 cm³/mol. The van der Waals surface area contributed by atoms with E-state index in [2.05, 4.69) is 31.3 Å². The van der Waals surface area contributed by atoms with E-state index in [0.29, 0.717) is 0 Å². The highest BCUT2D eigenvalue weighted by Gasteiger charge is 2.28. The van der Waals surface area contributed by atoms with Gasteiger partial charge < -0.3 is 15.4 Å². The summed E-state index contributed by atoms with van der Waals surface area (Å²) < 4.78 is 41.9. The van der Waals surface area contributed by atoms with Crippen LogP contribution in [0.4, 0.5) is 18.0 Å². The number of urea groups is 1. The number of ether oxygens (including phenoxy) is 1. The molecule has 0 heterocycles. The molecule has 0 saturated heterocycles. The topological polar surface area (TPSA) is 50.4 Å². The molecule has 0 aliphatic carbocycles. The highest BCUT2D eigenvalue weighted by Crippen LogP contribution is 2.19. The standard InChI is InChI=1S/C18H18BrF3N2O2/c1-12(14-4-6-15(19)7-5-14)24-17(25)23-10-13-2-8-16(9-3-13)26-11-18(20,21)22/h2-9,12H,10-11H2,1H3,(H2,23,24,25). The number of hydrogen-bond acceptors (Lipinski definition) is 2. The van der Waals surface area contributed by atoms with Crippen molar-refractivity contribution < 1.29 is 22.7 Å². The summed E-state index contributed by atoms with van der Waals surface area (Å²) in [6, 6.07) is 13.2. The molecule has 2 aromatic carbocycles. The van der Waals surface area contributed by atoms with Gasteiger partial charge in [-0.15, -0.1) is 0 Å². The second-order valence-electron chi connectivity index (χ2n) is 5.65. The third-order valence-corrected chi connectivity index (χ3v) is 4.03. The molecule has 0 aliphatic heterocycles. The Morgan fingerprint density at radius 2 is 1.73 bits per heavy atom. The number of amides is 2. The van der Waals surface area contributed by atoms with Crippen LogP contribution in [0.1, 0.15) is 24.1 Å². The van der Waals surface area contributed by atoms with E-state index >= 15 is 0 Å². The number of alkyl halides is 3. The minimum absolute atomic E-state index is 0.124. The first-order chi connectivity index (χ1) is 12.2. The Morgan fingerprint density at radius 1 is 1.12 bits per heavy atom. The monoisotopic (exact) mass is 430 g/mol. The molecule has 2 amide bonds. The zero-order chi connectivity index (χ0) is 19.2. The molecule has 2 rings (SSSR count). The van der Waals surface area contributed by atoms with Crippen molar-refractivity contribution in [2.75, 3.05) is 6.61 Å². The molecule has 0 aromatic heterocycles. The minimum Gasteiger partial charge on any atom is -0.484 e. The maximum Gasteiger partial charge on any atom is 0.422 e. The molecule has 0 spiro atoms. The fourth-order valence-corrected chi connectivity index (χ4v) is 2.40. The van der Waals surface area contributed by atoms with Crippen LogP contribution in [0.5, 0.6) is 5.75 Å². The molecule has 0 fully saturated rings. The van der Waals surface area contributed by atoms with Crippen LogP contribution in [0.25, 0.3) is 0 Å². The van der Waals surface area contributed by atoms with Crippen molar-refractivity contribution >= 4 is 22.0 Å². The van der Waals surface area contributed by atoms with Gasteiger partial charge in [-0.25, -0.2) is 4.79 Å². The average Bonchev–Trinajstić information content (AvgIpc) is 2.59. The smallest absolute Gasteiger partial charge is 0.422 e. The average molecular weight is 431 g/mol. The molecule has 0 aliphatic rings. The Kier molecular flexibility index (Phi) is 6.90. The van der Waals surface area contributed by atoms with E-state index in [-0.39, 0.29) is 24.4 Å². The second-order valence-corrected chi connectivity index (χ2v) is 6.56. The summed E-state index contributed by atoms with van der Waals surface area (Å²) in [5.41, 5.74) is 1.71. The maximum atomic E-state index is 12.1. The Hall–Kier alpha value is -2.22. The quantitative estimate of drug-likeness (QED) is 0.680. The van der Waals surface area contributed by atoms with Crippen molar-refractivity contribution in [3.8, 4) is 5.75 Å². The number of hydrogen-bond donors (Lipinski definition) is 2. The van der Waals surface area contributed by atoms with Crippen LogP contribution in [0.2, 0.25) is 0 Å². The van der Waals surface area contributed by atoms with Gasteiger partial charge in [0.1, 0.15) is 5.75 Å². The SMILES string of the molecule is CC(NC(=O)NCc1ccc(OCC(F)(F)F)cc1)c1ccc(Br)cc1. The van der Waals surface area contributed by atoms with Gasteiger partial charge >= 0.3 is 12.2 Å². The molecule has 2 aromatic rings. The van der Waals surface area contributed by atoms with E-state index in [1.54, 1.807) is 12.1 Å². The lowest BCUT2D eigenvalue weighted by atomic mass is 10.1. The van der Waals surface area contributed by atoms with Gasteiger partial charge in [-0.05, 0) is 42.3 Å². The summed E-state index contributed by atoms with van der Waals surface area (Å²) in [6.45, 7) is 0.787. The zero-order valence-electron chi connectivity index (χ0n) is 13.9. The minimum atomic E-state index is -4.37. The van der Waals surface area contributed by atoms with Crippen LogP contribution in [0.3, 0.4) is 0 Å². The van der Waals surface area contributed by atoms with Crippen molar-refractivity contribution in [1.82, 2.24) is 10.6 Å². The Balaban J connectivity index is 1.78. The number of rotatable bonds is 6. The molecule has 1 atom stereocenters. The van der Waals surface area contributed by atoms with Gasteiger partial charge in [-0.2, -0.15) is 13.2 Å². The van der Waals surface area contributed by atoms with E-state index in [1.807, 2.05) is 31.2 Å². The van der Waals surface area contributed by atoms with Crippen LogP contribution >= 0.6 is 15.9 Å². The molecule has 26 heavy (non-hydrogen) atoms. The number of halogens is 4. The second kappa shape index (κ2) is 8.93. The molecular weight excluding hydrogens is 413 g/mol. The Bertz CT molecular complexity index is 719. The lowest BCUT2D eigenvalue weighted by molar-refractivity contribution is -0.153. The van der Waals surface area contributed by atoms with Gasteiger partial charge in [0.2, 0.25) is 0 Å². The number of carbonyl (C=O) groups is 1. The van der Waals surface area contributed by atoms with Crippen LogP contribution in [0.15, 0.2) is 53.0 Å². The van der Waals surface area contributed by atoms with Crippen LogP contribution in [0, 0.1) is 0 Å². The van der Waals surface area contributed by atoms with Crippen molar-refractivity contribution in [3.05, 3.63) is 64.1 Å². The third-order valence-electron chi connectivity index (χ3n) is 3.50. The van der Waals surface area contributed by atoms with Crippen molar-refractivity contribution in [2.24, 2.45) is 0 Å². The Morgan fingerprint density at radius 3 is 2.31 bits per heavy atom. The summed E-state index contributed by atoms with van der Waals surface area (Å²) in [5.74, 6) is 0.124. The fraction of sp³-hybridized carbons (Fsp3) is 0.278. The van der Waals surface area contributed by atoms with Crippen molar-refractivity contribution in [1.29, 1.82) is 0 Å². The molecule has 4 nitrogen and oxygen atoms in total. The van der Waals surface area contributed by atoms with E-state index in [0.717, 1.165) is 15.6 Å². The molecule has 1 unspecified atom stereocenters. The lowest BCUT2D eigenvalue weighted by Gasteiger charge is -2.15. The summed E-state index contributed by atoms with van der Waals surface area (Å²) >= 11 is 3.36. The summed E-state index contributed by atoms with van der Waals surface area (Å²) in [5, 5.41) is 5.53. The first kappa shape index (κ1) is 20.1. The van der Waals surface area contributed by atoms with Gasteiger partial charge in [0.25, 0.3) is 0 Å². The van der Waals surface area contributed by atoms with E-state index in [9.17, 15) is 18.0 Å². The summed E-state index contributed by atoms with van der Waals surface area (Å²) in [4.78, 5) is 12.0. The predicted octanol–water partition coefficient (Wildman–Crippen LogP) is 4.95. The van der Waals surface area contributed by atoms with E-state index in [4.69, 9.17) is 0 Å². The molecule has 0 radical (unpaired) electrons. The molecule has 8 heteroatoms. The fourth-order valence-electron chi connectivity index (χ4n) is 2.13. The van der Waals surface area contributed by atoms with Gasteiger partial charge in [-0.1, -0.05) is 40.2 Å². The summed E-state index contributed by atoms with van der Waals surface area (Å²) in [7, 11) is 0. The summed E-state index contributed by atoms with van der Waals surface area (Å²) in [6.07, 6.45) is -4.37. The van der Waals surface area contributed by atoms with Gasteiger partial charge in [0.05, 0.1) is 6.04 Å². The lowest BCUT2D eigenvalue weighted by Crippen LogP contribution is -2.36. The van der Waals surface area contributed by atoms with Crippen LogP contribution in [-0.2, 0) is 6.54 Å². The maximum absolute atomic E-state index is 12.1. The first-order valence-electron chi connectivity index (χ1n) is 7.81. The zero-order valence-corrected chi connectivity index (χ0v) is 15.5. The highest BCUT2D eigenvalue weighted by atomic mass is 79.9. The third kappa shape index (κ3) is 6.95. The van der Waals surface area contributed by atoms with Gasteiger partial charge in [0, 0.05) is 11.0 Å². The van der Waals surface area contributed by atoms with Crippen molar-refractivity contribution in [3.63, 3.8) is 0 Å². The van der Waals surface area contributed by atoms with Crippen LogP contribution in [-0.4, -0.2) is 18.8 Å². The van der Waals surface area contributed by atoms with E-state index in [1.165, 1.54) is 12.1 Å². The highest BCUT2D eigenvalue weighted by molar-refractivity contribution is 9.10. The Labute approximate surface area is 157 Å². The number of carbonyl (C=O) groups excluding carboxylic acids is 1. The molecule has 140 valence electrons. The van der Waals surface area contributed by atoms with Crippen molar-refractivity contribution in [2.45, 2.75) is 25.7 Å². The molecular formula is C18H18BrF3N2O2. The number of nitrogens with one attached hydrogen (secondary N) is 2. The first-order valence-corrected chi connectivity index (χ1v) is 8.60. The largest absolute Gasteiger partial charge is 0.484 e. The molecule has 0 bridgehead atoms. The molecule has 0 saturated carbocycles. The number of benzene rings is 2. The normalized spacial score (nSPS) is 12.3. The van der Waals surface area contributed by atoms with E-state index < -0.39 is 12.8 Å². The van der Waals surface area contributed by atoms with Gasteiger partial charge in [-0.3, -0.25) is 0 Å².